The summed E-state index contributed by atoms with van der Waals surface area (Å²) in [6, 6.07) is 2.66. The Hall–Kier alpha value is -1.12. The standard InChI is InChI=1S/C20H37N3/c1-5-9-13-19(14-10-6-2)23(17-11-7-3)20-21-16-15-18(22-20)12-8-4/h15-16,19H,5-14,17H2,1-4H3. The van der Waals surface area contributed by atoms with Crippen LogP contribution in [0.3, 0.4) is 0 Å². The molecule has 0 unspecified atom stereocenters. The SMILES string of the molecule is CCCCC(CCCC)N(CCCC)c1nccc(CCC)n1. The molecule has 3 nitrogen and oxygen atoms in total. The van der Waals surface area contributed by atoms with Crippen molar-refractivity contribution in [2.75, 3.05) is 11.4 Å². The molecule has 0 atom stereocenters. The molecule has 0 aliphatic carbocycles. The monoisotopic (exact) mass is 319 g/mol. The van der Waals surface area contributed by atoms with Gasteiger partial charge in [-0.2, -0.15) is 0 Å². The van der Waals surface area contributed by atoms with Gasteiger partial charge in [0.2, 0.25) is 5.95 Å². The van der Waals surface area contributed by atoms with E-state index < -0.39 is 0 Å². The molecular formula is C20H37N3. The van der Waals surface area contributed by atoms with E-state index in [1.807, 2.05) is 6.20 Å². The van der Waals surface area contributed by atoms with Crippen molar-refractivity contribution in [3.63, 3.8) is 0 Å². The zero-order valence-electron chi connectivity index (χ0n) is 15.9. The van der Waals surface area contributed by atoms with Gasteiger partial charge in [-0.3, -0.25) is 0 Å². The second-order valence-corrected chi connectivity index (χ2v) is 6.58. The first-order valence-electron chi connectivity index (χ1n) is 9.85. The summed E-state index contributed by atoms with van der Waals surface area (Å²) in [4.78, 5) is 12.0. The normalized spacial score (nSPS) is 11.2. The molecule has 0 aliphatic rings. The Balaban J connectivity index is 2.95. The quantitative estimate of drug-likeness (QED) is 0.461. The summed E-state index contributed by atoms with van der Waals surface area (Å²) in [7, 11) is 0. The summed E-state index contributed by atoms with van der Waals surface area (Å²) in [5.41, 5.74) is 1.18. The van der Waals surface area contributed by atoms with Crippen LogP contribution in [0.15, 0.2) is 12.3 Å². The molecule has 0 aliphatic heterocycles. The predicted molar refractivity (Wildman–Crippen MR) is 101 cm³/mol. The first-order valence-corrected chi connectivity index (χ1v) is 9.85. The molecule has 0 fully saturated rings. The number of anilines is 1. The van der Waals surface area contributed by atoms with Crippen LogP contribution >= 0.6 is 0 Å². The molecular weight excluding hydrogens is 282 g/mol. The topological polar surface area (TPSA) is 29.0 Å². The van der Waals surface area contributed by atoms with Crippen molar-refractivity contribution in [3.05, 3.63) is 18.0 Å². The minimum absolute atomic E-state index is 0.596. The Kier molecular flexibility index (Phi) is 10.7. The van der Waals surface area contributed by atoms with E-state index in [1.54, 1.807) is 0 Å². The fourth-order valence-corrected chi connectivity index (χ4v) is 3.03. The fourth-order valence-electron chi connectivity index (χ4n) is 3.03. The minimum Gasteiger partial charge on any atom is -0.338 e. The van der Waals surface area contributed by atoms with Crippen molar-refractivity contribution < 1.29 is 0 Å². The van der Waals surface area contributed by atoms with E-state index >= 15 is 0 Å². The lowest BCUT2D eigenvalue weighted by molar-refractivity contribution is 0.467. The Morgan fingerprint density at radius 3 is 2.13 bits per heavy atom. The highest BCUT2D eigenvalue weighted by atomic mass is 15.3. The van der Waals surface area contributed by atoms with Crippen LogP contribution in [-0.2, 0) is 6.42 Å². The Morgan fingerprint density at radius 1 is 0.913 bits per heavy atom. The molecule has 3 heteroatoms. The highest BCUT2D eigenvalue weighted by Crippen LogP contribution is 2.21. The number of aromatic nitrogens is 2. The molecule has 0 aromatic carbocycles. The molecule has 1 aromatic rings. The van der Waals surface area contributed by atoms with Crippen LogP contribution < -0.4 is 4.90 Å². The summed E-state index contributed by atoms with van der Waals surface area (Å²) in [5, 5.41) is 0. The van der Waals surface area contributed by atoms with Crippen LogP contribution in [0, 0.1) is 0 Å². The largest absolute Gasteiger partial charge is 0.338 e. The molecule has 23 heavy (non-hydrogen) atoms. The van der Waals surface area contributed by atoms with Crippen molar-refractivity contribution in [1.29, 1.82) is 0 Å². The summed E-state index contributed by atoms with van der Waals surface area (Å²) < 4.78 is 0. The average Bonchev–Trinajstić information content (AvgIpc) is 2.57. The molecule has 0 saturated carbocycles. The van der Waals surface area contributed by atoms with Gasteiger partial charge in [-0.1, -0.05) is 66.2 Å². The molecule has 0 N–H and O–H groups in total. The molecule has 1 heterocycles. The van der Waals surface area contributed by atoms with E-state index in [4.69, 9.17) is 4.98 Å². The van der Waals surface area contributed by atoms with Gasteiger partial charge in [0.25, 0.3) is 0 Å². The summed E-state index contributed by atoms with van der Waals surface area (Å²) in [5.74, 6) is 0.960. The maximum atomic E-state index is 4.87. The van der Waals surface area contributed by atoms with Gasteiger partial charge in [0, 0.05) is 24.5 Å². The summed E-state index contributed by atoms with van der Waals surface area (Å²) in [6.07, 6.45) is 14.2. The highest BCUT2D eigenvalue weighted by Gasteiger charge is 2.20. The van der Waals surface area contributed by atoms with Gasteiger partial charge >= 0.3 is 0 Å². The van der Waals surface area contributed by atoms with E-state index in [9.17, 15) is 0 Å². The van der Waals surface area contributed by atoms with Gasteiger partial charge in [-0.15, -0.1) is 0 Å². The molecule has 0 saturated heterocycles. The van der Waals surface area contributed by atoms with Crippen LogP contribution in [0.4, 0.5) is 5.95 Å². The maximum Gasteiger partial charge on any atom is 0.225 e. The van der Waals surface area contributed by atoms with Crippen molar-refractivity contribution >= 4 is 5.95 Å². The smallest absolute Gasteiger partial charge is 0.225 e. The molecule has 132 valence electrons. The summed E-state index contributed by atoms with van der Waals surface area (Å²) >= 11 is 0. The van der Waals surface area contributed by atoms with E-state index in [0.29, 0.717) is 6.04 Å². The lowest BCUT2D eigenvalue weighted by Gasteiger charge is -2.32. The third kappa shape index (κ3) is 7.32. The first kappa shape index (κ1) is 19.9. The van der Waals surface area contributed by atoms with E-state index in [1.165, 1.54) is 57.1 Å². The molecule has 1 aromatic heterocycles. The van der Waals surface area contributed by atoms with Crippen LogP contribution in [0.1, 0.15) is 91.2 Å². The van der Waals surface area contributed by atoms with E-state index in [-0.39, 0.29) is 0 Å². The van der Waals surface area contributed by atoms with Gasteiger partial charge in [-0.25, -0.2) is 9.97 Å². The zero-order valence-corrected chi connectivity index (χ0v) is 15.9. The molecule has 0 bridgehead atoms. The lowest BCUT2D eigenvalue weighted by atomic mass is 10.0. The van der Waals surface area contributed by atoms with E-state index in [2.05, 4.69) is 43.6 Å². The number of nitrogens with zero attached hydrogens (tertiary/aromatic N) is 3. The number of aryl methyl sites for hydroxylation is 1. The Morgan fingerprint density at radius 2 is 1.57 bits per heavy atom. The van der Waals surface area contributed by atoms with Crippen LogP contribution in [0.2, 0.25) is 0 Å². The third-order valence-electron chi connectivity index (χ3n) is 4.44. The molecule has 1 rings (SSSR count). The van der Waals surface area contributed by atoms with Gasteiger partial charge in [0.05, 0.1) is 0 Å². The van der Waals surface area contributed by atoms with Crippen molar-refractivity contribution in [2.45, 2.75) is 97.9 Å². The number of hydrogen-bond acceptors (Lipinski definition) is 3. The Labute approximate surface area is 143 Å². The molecule has 0 spiro atoms. The zero-order chi connectivity index (χ0) is 16.9. The van der Waals surface area contributed by atoms with Crippen molar-refractivity contribution in [1.82, 2.24) is 9.97 Å². The first-order chi connectivity index (χ1) is 11.3. The third-order valence-corrected chi connectivity index (χ3v) is 4.44. The second-order valence-electron chi connectivity index (χ2n) is 6.58. The lowest BCUT2D eigenvalue weighted by Crippen LogP contribution is -2.37. The minimum atomic E-state index is 0.596. The van der Waals surface area contributed by atoms with Crippen molar-refractivity contribution in [2.24, 2.45) is 0 Å². The molecule has 0 amide bonds. The van der Waals surface area contributed by atoms with Crippen molar-refractivity contribution in [3.8, 4) is 0 Å². The van der Waals surface area contributed by atoms with Crippen LogP contribution in [0.5, 0.6) is 0 Å². The average molecular weight is 320 g/mol. The number of rotatable bonds is 13. The highest BCUT2D eigenvalue weighted by molar-refractivity contribution is 5.32. The van der Waals surface area contributed by atoms with Gasteiger partial charge < -0.3 is 4.90 Å². The number of unbranched alkanes of at least 4 members (excludes halogenated alkanes) is 3. The molecule has 0 radical (unpaired) electrons. The van der Waals surface area contributed by atoms with Gasteiger partial charge in [0.1, 0.15) is 0 Å². The van der Waals surface area contributed by atoms with Gasteiger partial charge in [0.15, 0.2) is 0 Å². The Bertz CT molecular complexity index is 398. The number of hydrogen-bond donors (Lipinski definition) is 0. The van der Waals surface area contributed by atoms with Gasteiger partial charge in [-0.05, 0) is 31.7 Å². The second kappa shape index (κ2) is 12.3. The van der Waals surface area contributed by atoms with Crippen LogP contribution in [0.25, 0.3) is 0 Å². The van der Waals surface area contributed by atoms with E-state index in [0.717, 1.165) is 25.3 Å². The van der Waals surface area contributed by atoms with Crippen LogP contribution in [-0.4, -0.2) is 22.6 Å². The maximum absolute atomic E-state index is 4.87. The fraction of sp³-hybridized carbons (Fsp3) is 0.800. The summed E-state index contributed by atoms with van der Waals surface area (Å²) in [6.45, 7) is 10.1. The predicted octanol–water partition coefficient (Wildman–Crippen LogP) is 5.78.